The Kier molecular flexibility index (Phi) is 7.08. The van der Waals surface area contributed by atoms with Crippen LogP contribution < -0.4 is 16.4 Å². The van der Waals surface area contributed by atoms with Crippen LogP contribution in [0.5, 0.6) is 0 Å². The van der Waals surface area contributed by atoms with E-state index < -0.39 is 11.8 Å². The molecular formula is C19H22F2N4O. The minimum absolute atomic E-state index is 0.273. The molecule has 138 valence electrons. The number of halogens is 2. The van der Waals surface area contributed by atoms with Crippen LogP contribution in [0.1, 0.15) is 11.1 Å². The smallest absolute Gasteiger partial charge is 0.222 e. The number of primary amides is 1. The molecule has 0 radical (unpaired) electrons. The maximum absolute atomic E-state index is 13.2. The lowest BCUT2D eigenvalue weighted by Crippen LogP contribution is -2.42. The van der Waals surface area contributed by atoms with Crippen molar-refractivity contribution in [3.05, 3.63) is 71.3 Å². The lowest BCUT2D eigenvalue weighted by atomic mass is 9.98. The second-order valence-electron chi connectivity index (χ2n) is 5.87. The maximum atomic E-state index is 13.2. The van der Waals surface area contributed by atoms with Gasteiger partial charge in [0.25, 0.3) is 0 Å². The lowest BCUT2D eigenvalue weighted by molar-refractivity contribution is -0.121. The molecule has 0 bridgehead atoms. The highest BCUT2D eigenvalue weighted by atomic mass is 19.1. The Morgan fingerprint density at radius 1 is 1.08 bits per heavy atom. The van der Waals surface area contributed by atoms with Gasteiger partial charge in [-0.25, -0.2) is 8.78 Å². The molecule has 0 saturated carbocycles. The molecule has 7 heteroatoms. The fourth-order valence-electron chi connectivity index (χ4n) is 2.45. The van der Waals surface area contributed by atoms with E-state index in [1.54, 1.807) is 31.3 Å². The summed E-state index contributed by atoms with van der Waals surface area (Å²) < 4.78 is 26.2. The minimum Gasteiger partial charge on any atom is -0.369 e. The van der Waals surface area contributed by atoms with E-state index in [9.17, 15) is 13.6 Å². The van der Waals surface area contributed by atoms with E-state index in [4.69, 9.17) is 5.73 Å². The van der Waals surface area contributed by atoms with Crippen LogP contribution in [-0.2, 0) is 17.8 Å². The SMILES string of the molecule is CN=C(NCc1cccc(F)c1)NCC(Cc1ccc(F)cc1)C(N)=O. The van der Waals surface area contributed by atoms with Gasteiger partial charge in [-0.3, -0.25) is 9.79 Å². The second-order valence-corrected chi connectivity index (χ2v) is 5.87. The lowest BCUT2D eigenvalue weighted by Gasteiger charge is -2.17. The summed E-state index contributed by atoms with van der Waals surface area (Å²) in [6.45, 7) is 0.659. The summed E-state index contributed by atoms with van der Waals surface area (Å²) in [7, 11) is 1.60. The highest BCUT2D eigenvalue weighted by molar-refractivity contribution is 5.81. The number of hydrogen-bond acceptors (Lipinski definition) is 2. The van der Waals surface area contributed by atoms with E-state index in [1.165, 1.54) is 24.3 Å². The number of carbonyl (C=O) groups excluding carboxylic acids is 1. The normalized spacial score (nSPS) is 12.5. The van der Waals surface area contributed by atoms with Crippen molar-refractivity contribution in [3.8, 4) is 0 Å². The zero-order chi connectivity index (χ0) is 18.9. The number of nitrogens with zero attached hydrogens (tertiary/aromatic N) is 1. The predicted molar refractivity (Wildman–Crippen MR) is 97.4 cm³/mol. The van der Waals surface area contributed by atoms with Gasteiger partial charge >= 0.3 is 0 Å². The molecule has 0 saturated heterocycles. The number of carbonyl (C=O) groups is 1. The molecule has 0 aliphatic carbocycles. The average molecular weight is 360 g/mol. The van der Waals surface area contributed by atoms with Crippen molar-refractivity contribution >= 4 is 11.9 Å². The van der Waals surface area contributed by atoms with Crippen LogP contribution in [0.15, 0.2) is 53.5 Å². The molecule has 5 nitrogen and oxygen atoms in total. The molecule has 0 heterocycles. The fraction of sp³-hybridized carbons (Fsp3) is 0.263. The number of hydrogen-bond donors (Lipinski definition) is 3. The first-order valence-corrected chi connectivity index (χ1v) is 8.20. The summed E-state index contributed by atoms with van der Waals surface area (Å²) in [6.07, 6.45) is 0.392. The van der Waals surface area contributed by atoms with Crippen molar-refractivity contribution in [1.82, 2.24) is 10.6 Å². The largest absolute Gasteiger partial charge is 0.369 e. The van der Waals surface area contributed by atoms with Gasteiger partial charge < -0.3 is 16.4 Å². The van der Waals surface area contributed by atoms with E-state index in [0.717, 1.165) is 11.1 Å². The number of guanidine groups is 1. The monoisotopic (exact) mass is 360 g/mol. The van der Waals surface area contributed by atoms with Crippen molar-refractivity contribution in [1.29, 1.82) is 0 Å². The summed E-state index contributed by atoms with van der Waals surface area (Å²) in [5.41, 5.74) is 7.06. The molecule has 4 N–H and O–H groups in total. The molecule has 1 amide bonds. The molecule has 1 atom stereocenters. The molecule has 26 heavy (non-hydrogen) atoms. The Hall–Kier alpha value is -2.96. The van der Waals surface area contributed by atoms with Gasteiger partial charge in [0.15, 0.2) is 5.96 Å². The molecule has 2 rings (SSSR count). The van der Waals surface area contributed by atoms with Crippen LogP contribution >= 0.6 is 0 Å². The Bertz CT molecular complexity index is 762. The Balaban J connectivity index is 1.89. The van der Waals surface area contributed by atoms with E-state index in [-0.39, 0.29) is 18.2 Å². The van der Waals surface area contributed by atoms with Crippen molar-refractivity contribution < 1.29 is 13.6 Å². The molecule has 2 aromatic carbocycles. The van der Waals surface area contributed by atoms with E-state index in [1.807, 2.05) is 0 Å². The molecule has 0 fully saturated rings. The van der Waals surface area contributed by atoms with Crippen LogP contribution in [0.2, 0.25) is 0 Å². The maximum Gasteiger partial charge on any atom is 0.222 e. The number of aliphatic imine (C=N–C) groups is 1. The molecule has 2 aromatic rings. The van der Waals surface area contributed by atoms with Gasteiger partial charge in [0.2, 0.25) is 5.91 Å². The summed E-state index contributed by atoms with van der Waals surface area (Å²) in [5.74, 6) is -1.10. The van der Waals surface area contributed by atoms with E-state index >= 15 is 0 Å². The van der Waals surface area contributed by atoms with Crippen molar-refractivity contribution in [2.45, 2.75) is 13.0 Å². The summed E-state index contributed by atoms with van der Waals surface area (Å²) >= 11 is 0. The van der Waals surface area contributed by atoms with Crippen LogP contribution in [0.3, 0.4) is 0 Å². The molecular weight excluding hydrogens is 338 g/mol. The quantitative estimate of drug-likeness (QED) is 0.522. The Morgan fingerprint density at radius 2 is 1.81 bits per heavy atom. The standard InChI is InChI=1S/C19H22F2N4O/c1-23-19(24-11-14-3-2-4-17(21)10-14)25-12-15(18(22)26)9-13-5-7-16(20)8-6-13/h2-8,10,15H,9,11-12H2,1H3,(H2,22,26)(H2,23,24,25). The predicted octanol–water partition coefficient (Wildman–Crippen LogP) is 1.97. The van der Waals surface area contributed by atoms with Crippen LogP contribution in [0.4, 0.5) is 8.78 Å². The zero-order valence-corrected chi connectivity index (χ0v) is 14.5. The zero-order valence-electron chi connectivity index (χ0n) is 14.5. The van der Waals surface area contributed by atoms with Crippen molar-refractivity contribution in [2.24, 2.45) is 16.6 Å². The molecule has 1 unspecified atom stereocenters. The Morgan fingerprint density at radius 3 is 2.42 bits per heavy atom. The number of nitrogens with one attached hydrogen (secondary N) is 2. The van der Waals surface area contributed by atoms with Gasteiger partial charge in [0.1, 0.15) is 11.6 Å². The summed E-state index contributed by atoms with van der Waals surface area (Å²) in [5, 5.41) is 6.09. The van der Waals surface area contributed by atoms with Crippen LogP contribution in [0.25, 0.3) is 0 Å². The number of rotatable bonds is 7. The molecule has 0 aliphatic rings. The Labute approximate surface area is 151 Å². The van der Waals surface area contributed by atoms with Crippen LogP contribution in [-0.4, -0.2) is 25.5 Å². The third kappa shape index (κ3) is 6.16. The first-order valence-electron chi connectivity index (χ1n) is 8.20. The minimum atomic E-state index is -0.479. The van der Waals surface area contributed by atoms with Crippen molar-refractivity contribution in [3.63, 3.8) is 0 Å². The van der Waals surface area contributed by atoms with Gasteiger partial charge in [0.05, 0.1) is 5.92 Å². The van der Waals surface area contributed by atoms with Gasteiger partial charge in [-0.05, 0) is 41.8 Å². The van der Waals surface area contributed by atoms with E-state index in [0.29, 0.717) is 18.9 Å². The van der Waals surface area contributed by atoms with Gasteiger partial charge in [-0.2, -0.15) is 0 Å². The highest BCUT2D eigenvalue weighted by Gasteiger charge is 2.16. The average Bonchev–Trinajstić information content (AvgIpc) is 2.62. The van der Waals surface area contributed by atoms with Crippen molar-refractivity contribution in [2.75, 3.05) is 13.6 Å². The topological polar surface area (TPSA) is 79.5 Å². The third-order valence-corrected chi connectivity index (χ3v) is 3.89. The third-order valence-electron chi connectivity index (χ3n) is 3.89. The van der Waals surface area contributed by atoms with E-state index in [2.05, 4.69) is 15.6 Å². The molecule has 0 aromatic heterocycles. The number of nitrogens with two attached hydrogens (primary N) is 1. The first-order chi connectivity index (χ1) is 12.5. The van der Waals surface area contributed by atoms with Gasteiger partial charge in [-0.15, -0.1) is 0 Å². The number of amides is 1. The number of benzene rings is 2. The molecule has 0 spiro atoms. The first kappa shape index (κ1) is 19.4. The van der Waals surface area contributed by atoms with Gasteiger partial charge in [0, 0.05) is 20.1 Å². The highest BCUT2D eigenvalue weighted by Crippen LogP contribution is 2.09. The van der Waals surface area contributed by atoms with Crippen LogP contribution in [0, 0.1) is 17.6 Å². The second kappa shape index (κ2) is 9.50. The fourth-order valence-corrected chi connectivity index (χ4v) is 2.45. The summed E-state index contributed by atoms with van der Waals surface area (Å²) in [6, 6.07) is 12.2. The summed E-state index contributed by atoms with van der Waals surface area (Å²) in [4.78, 5) is 15.8. The molecule has 0 aliphatic heterocycles. The van der Waals surface area contributed by atoms with Gasteiger partial charge in [-0.1, -0.05) is 24.3 Å².